The molecule has 0 spiro atoms. The zero-order valence-corrected chi connectivity index (χ0v) is 14.3. The minimum absolute atomic E-state index is 0.653. The molecule has 0 saturated heterocycles. The lowest BCUT2D eigenvalue weighted by Gasteiger charge is -2.12. The lowest BCUT2D eigenvalue weighted by molar-refractivity contribution is 0.475. The molecule has 0 aliphatic carbocycles. The number of nitrogens with one attached hydrogen (secondary N) is 1. The predicted octanol–water partition coefficient (Wildman–Crippen LogP) is 4.69. The molecule has 4 heteroatoms. The fourth-order valence-electron chi connectivity index (χ4n) is 1.93. The maximum atomic E-state index is 5.87. The average Bonchev–Trinajstić information content (AvgIpc) is 2.43. The molecule has 1 N–H and O–H groups in total. The molecule has 0 aliphatic heterocycles. The zero-order valence-electron chi connectivity index (χ0n) is 12.7. The van der Waals surface area contributed by atoms with Gasteiger partial charge in [-0.25, -0.2) is 0 Å². The first kappa shape index (κ1) is 16.0. The Morgan fingerprint density at radius 2 is 2.10 bits per heavy atom. The van der Waals surface area contributed by atoms with Crippen LogP contribution in [0.3, 0.4) is 0 Å². The van der Waals surface area contributed by atoms with Gasteiger partial charge < -0.3 is 10.1 Å². The molecule has 3 nitrogen and oxygen atoms in total. The number of aryl methyl sites for hydroxylation is 1. The molecule has 2 rings (SSSR count). The van der Waals surface area contributed by atoms with Crippen LogP contribution >= 0.6 is 15.9 Å². The van der Waals surface area contributed by atoms with Crippen LogP contribution in [0.5, 0.6) is 11.5 Å². The lowest BCUT2D eigenvalue weighted by Crippen LogP contribution is -2.19. The molecule has 0 unspecified atom stereocenters. The van der Waals surface area contributed by atoms with E-state index in [-0.39, 0.29) is 0 Å². The summed E-state index contributed by atoms with van der Waals surface area (Å²) in [6, 6.07) is 9.87. The van der Waals surface area contributed by atoms with Crippen LogP contribution in [-0.2, 0) is 6.54 Å². The Morgan fingerprint density at radius 3 is 2.76 bits per heavy atom. The van der Waals surface area contributed by atoms with E-state index in [0.717, 1.165) is 34.8 Å². The van der Waals surface area contributed by atoms with E-state index in [1.807, 2.05) is 31.2 Å². The van der Waals surface area contributed by atoms with Crippen molar-refractivity contribution in [3.05, 3.63) is 52.3 Å². The van der Waals surface area contributed by atoms with Crippen molar-refractivity contribution in [2.45, 2.75) is 27.3 Å². The van der Waals surface area contributed by atoms with Gasteiger partial charge in [0.2, 0.25) is 0 Å². The molecule has 2 aromatic rings. The van der Waals surface area contributed by atoms with Crippen LogP contribution in [-0.4, -0.2) is 11.5 Å². The molecule has 0 aliphatic rings. The van der Waals surface area contributed by atoms with Crippen molar-refractivity contribution >= 4 is 15.9 Å². The second-order valence-electron chi connectivity index (χ2n) is 5.47. The van der Waals surface area contributed by atoms with Crippen LogP contribution in [0, 0.1) is 12.8 Å². The van der Waals surface area contributed by atoms with Crippen LogP contribution in [0.15, 0.2) is 41.0 Å². The minimum atomic E-state index is 0.653. The highest BCUT2D eigenvalue weighted by atomic mass is 79.9. The monoisotopic (exact) mass is 348 g/mol. The molecule has 0 bridgehead atoms. The van der Waals surface area contributed by atoms with Gasteiger partial charge in [-0.2, -0.15) is 0 Å². The van der Waals surface area contributed by atoms with Crippen molar-refractivity contribution in [3.8, 4) is 11.5 Å². The first-order chi connectivity index (χ1) is 10.1. The summed E-state index contributed by atoms with van der Waals surface area (Å²) < 4.78 is 6.93. The van der Waals surface area contributed by atoms with E-state index in [1.54, 1.807) is 6.20 Å². The van der Waals surface area contributed by atoms with Crippen molar-refractivity contribution in [3.63, 3.8) is 0 Å². The van der Waals surface area contributed by atoms with E-state index in [2.05, 4.69) is 46.1 Å². The Morgan fingerprint density at radius 1 is 1.29 bits per heavy atom. The predicted molar refractivity (Wildman–Crippen MR) is 89.7 cm³/mol. The van der Waals surface area contributed by atoms with E-state index in [4.69, 9.17) is 4.74 Å². The van der Waals surface area contributed by atoms with Gasteiger partial charge in [-0.3, -0.25) is 4.98 Å². The molecule has 0 saturated carbocycles. The van der Waals surface area contributed by atoms with Gasteiger partial charge in [0.05, 0.1) is 5.69 Å². The number of pyridine rings is 1. The molecule has 0 amide bonds. The van der Waals surface area contributed by atoms with Gasteiger partial charge in [0, 0.05) is 17.2 Å². The number of aromatic nitrogens is 1. The minimum Gasteiger partial charge on any atom is -0.455 e. The van der Waals surface area contributed by atoms with Crippen LogP contribution in [0.1, 0.15) is 25.1 Å². The van der Waals surface area contributed by atoms with Gasteiger partial charge in [-0.1, -0.05) is 35.8 Å². The summed E-state index contributed by atoms with van der Waals surface area (Å²) in [5.41, 5.74) is 2.11. The van der Waals surface area contributed by atoms with Gasteiger partial charge >= 0.3 is 0 Å². The summed E-state index contributed by atoms with van der Waals surface area (Å²) >= 11 is 3.61. The maximum Gasteiger partial charge on any atom is 0.148 e. The van der Waals surface area contributed by atoms with Gasteiger partial charge in [-0.05, 0) is 49.2 Å². The summed E-state index contributed by atoms with van der Waals surface area (Å²) in [6.45, 7) is 8.21. The van der Waals surface area contributed by atoms with Crippen LogP contribution in [0.4, 0.5) is 0 Å². The SMILES string of the molecule is Cc1ncccc1Oc1ccc(CNCC(C)C)c(Br)c1. The number of hydrogen-bond acceptors (Lipinski definition) is 3. The van der Waals surface area contributed by atoms with Crippen LogP contribution in [0.25, 0.3) is 0 Å². The summed E-state index contributed by atoms with van der Waals surface area (Å²) in [4.78, 5) is 4.23. The van der Waals surface area contributed by atoms with E-state index in [1.165, 1.54) is 5.56 Å². The normalized spacial score (nSPS) is 10.9. The zero-order chi connectivity index (χ0) is 15.2. The Kier molecular flexibility index (Phi) is 5.76. The highest BCUT2D eigenvalue weighted by molar-refractivity contribution is 9.10. The third-order valence-electron chi connectivity index (χ3n) is 3.08. The summed E-state index contributed by atoms with van der Waals surface area (Å²) in [5.74, 6) is 2.25. The number of benzene rings is 1. The Bertz CT molecular complexity index is 599. The van der Waals surface area contributed by atoms with Crippen LogP contribution in [0.2, 0.25) is 0 Å². The fourth-order valence-corrected chi connectivity index (χ4v) is 2.43. The smallest absolute Gasteiger partial charge is 0.148 e. The summed E-state index contributed by atoms with van der Waals surface area (Å²) in [5, 5.41) is 3.44. The average molecular weight is 349 g/mol. The molecule has 0 fully saturated rings. The second kappa shape index (κ2) is 7.57. The summed E-state index contributed by atoms with van der Waals surface area (Å²) in [6.07, 6.45) is 1.77. The van der Waals surface area contributed by atoms with E-state index >= 15 is 0 Å². The largest absolute Gasteiger partial charge is 0.455 e. The van der Waals surface area contributed by atoms with Gasteiger partial charge in [0.25, 0.3) is 0 Å². The first-order valence-electron chi connectivity index (χ1n) is 7.15. The maximum absolute atomic E-state index is 5.87. The number of nitrogens with zero attached hydrogens (tertiary/aromatic N) is 1. The number of ether oxygens (including phenoxy) is 1. The topological polar surface area (TPSA) is 34.1 Å². The standard InChI is InChI=1S/C17H21BrN2O/c1-12(2)10-19-11-14-6-7-15(9-16(14)18)21-17-5-4-8-20-13(17)3/h4-9,12,19H,10-11H2,1-3H3. The molecule has 112 valence electrons. The Hall–Kier alpha value is -1.39. The first-order valence-corrected chi connectivity index (χ1v) is 7.94. The van der Waals surface area contributed by atoms with Crippen molar-refractivity contribution < 1.29 is 4.74 Å². The Balaban J connectivity index is 2.03. The Labute approximate surface area is 134 Å². The van der Waals surface area contributed by atoms with Gasteiger partial charge in [-0.15, -0.1) is 0 Å². The molecule has 1 heterocycles. The fraction of sp³-hybridized carbons (Fsp3) is 0.353. The third kappa shape index (κ3) is 4.83. The van der Waals surface area contributed by atoms with Crippen molar-refractivity contribution in [1.82, 2.24) is 10.3 Å². The molecule has 21 heavy (non-hydrogen) atoms. The molecule has 0 radical (unpaired) electrons. The van der Waals surface area contributed by atoms with Crippen molar-refractivity contribution in [2.75, 3.05) is 6.54 Å². The second-order valence-corrected chi connectivity index (χ2v) is 6.32. The van der Waals surface area contributed by atoms with Crippen molar-refractivity contribution in [2.24, 2.45) is 5.92 Å². The summed E-state index contributed by atoms with van der Waals surface area (Å²) in [7, 11) is 0. The van der Waals surface area contributed by atoms with Gasteiger partial charge in [0.15, 0.2) is 0 Å². The van der Waals surface area contributed by atoms with E-state index in [9.17, 15) is 0 Å². The van der Waals surface area contributed by atoms with Crippen LogP contribution < -0.4 is 10.1 Å². The molecule has 1 aromatic heterocycles. The lowest BCUT2D eigenvalue weighted by atomic mass is 10.2. The van der Waals surface area contributed by atoms with E-state index in [0.29, 0.717) is 5.92 Å². The molecule has 0 atom stereocenters. The highest BCUT2D eigenvalue weighted by Gasteiger charge is 2.05. The molecular weight excluding hydrogens is 328 g/mol. The number of halogens is 1. The van der Waals surface area contributed by atoms with E-state index < -0.39 is 0 Å². The molecular formula is C17H21BrN2O. The number of rotatable bonds is 6. The quantitative estimate of drug-likeness (QED) is 0.822. The highest BCUT2D eigenvalue weighted by Crippen LogP contribution is 2.28. The third-order valence-corrected chi connectivity index (χ3v) is 3.82. The van der Waals surface area contributed by atoms with Crippen molar-refractivity contribution in [1.29, 1.82) is 0 Å². The molecule has 1 aromatic carbocycles. The van der Waals surface area contributed by atoms with Gasteiger partial charge in [0.1, 0.15) is 11.5 Å². The number of hydrogen-bond donors (Lipinski definition) is 1.